The van der Waals surface area contributed by atoms with Gasteiger partial charge in [0.15, 0.2) is 18.9 Å². The molecule has 17 heteroatoms. The maximum absolute atomic E-state index is 9.78. The molecule has 17 nitrogen and oxygen atoms in total. The average Bonchev–Trinajstić information content (AvgIpc) is 2.85. The predicted molar refractivity (Wildman–Crippen MR) is 107 cm³/mol. The average molecular weight is 521 g/mol. The van der Waals surface area contributed by atoms with Crippen LogP contribution in [0, 0.1) is 0 Å². The Morgan fingerprint density at radius 3 is 1.54 bits per heavy atom. The van der Waals surface area contributed by atoms with Gasteiger partial charge in [-0.1, -0.05) is 0 Å². The summed E-state index contributed by atoms with van der Waals surface area (Å²) in [5, 5.41) is 112. The van der Waals surface area contributed by atoms with E-state index >= 15 is 0 Å². The Kier molecular flexibility index (Phi) is 11.5. The van der Waals surface area contributed by atoms with Crippen LogP contribution in [0.3, 0.4) is 0 Å². The number of nitrogens with two attached hydrogens (primary N) is 1. The van der Waals surface area contributed by atoms with Gasteiger partial charge in [-0.2, -0.15) is 0 Å². The minimum Gasteiger partial charge on any atom is -0.394 e. The molecule has 3 saturated heterocycles. The van der Waals surface area contributed by atoms with Crippen LogP contribution in [0.25, 0.3) is 0 Å². The highest BCUT2D eigenvalue weighted by Crippen LogP contribution is 2.25. The van der Waals surface area contributed by atoms with E-state index in [0.717, 1.165) is 0 Å². The van der Waals surface area contributed by atoms with Crippen LogP contribution < -0.4 is 5.73 Å². The Morgan fingerprint density at radius 1 is 0.514 bits per heavy atom. The van der Waals surface area contributed by atoms with Crippen molar-refractivity contribution in [3.63, 3.8) is 0 Å². The molecule has 0 aliphatic carbocycles. The number of aliphatic hydroxyl groups is 12. The van der Waals surface area contributed by atoms with Crippen molar-refractivity contribution in [2.45, 2.75) is 92.1 Å². The lowest BCUT2D eigenvalue weighted by atomic mass is 9.98. The van der Waals surface area contributed by atoms with Crippen molar-refractivity contribution < 1.29 is 80.2 Å². The van der Waals surface area contributed by atoms with Crippen molar-refractivity contribution in [3.8, 4) is 0 Å². The van der Waals surface area contributed by atoms with Crippen LogP contribution in [0.4, 0.5) is 0 Å². The van der Waals surface area contributed by atoms with Gasteiger partial charge in [0.05, 0.1) is 25.9 Å². The van der Waals surface area contributed by atoms with Crippen molar-refractivity contribution in [2.24, 2.45) is 5.73 Å². The summed E-state index contributed by atoms with van der Waals surface area (Å²) < 4.78 is 19.8. The molecule has 0 aromatic rings. The summed E-state index contributed by atoms with van der Waals surface area (Å²) in [5.41, 5.74) is 5.26. The quantitative estimate of drug-likeness (QED) is 0.160. The Hall–Kier alpha value is -0.680. The van der Waals surface area contributed by atoms with Gasteiger partial charge in [-0.25, -0.2) is 0 Å². The summed E-state index contributed by atoms with van der Waals surface area (Å²) in [6.45, 7) is -1.57. The predicted octanol–water partition coefficient (Wildman–Crippen LogP) is -8.65. The Balaban J connectivity index is 0.000000303. The summed E-state index contributed by atoms with van der Waals surface area (Å²) in [6, 6.07) is -1.04. The second-order valence-electron chi connectivity index (χ2n) is 8.37. The second kappa shape index (κ2) is 13.2. The van der Waals surface area contributed by atoms with Crippen LogP contribution >= 0.6 is 0 Å². The molecular weight excluding hydrogens is 486 g/mol. The third kappa shape index (κ3) is 7.00. The molecule has 3 aliphatic heterocycles. The van der Waals surface area contributed by atoms with Crippen LogP contribution in [0.2, 0.25) is 0 Å². The molecule has 35 heavy (non-hydrogen) atoms. The van der Waals surface area contributed by atoms with Crippen LogP contribution in [0.5, 0.6) is 0 Å². The molecule has 14 N–H and O–H groups in total. The summed E-state index contributed by atoms with van der Waals surface area (Å²) in [6.07, 6.45) is -20.1. The number of aliphatic hydroxyl groups excluding tert-OH is 12. The largest absolute Gasteiger partial charge is 0.394 e. The van der Waals surface area contributed by atoms with Gasteiger partial charge in [0, 0.05) is 0 Å². The van der Waals surface area contributed by atoms with Crippen LogP contribution in [-0.4, -0.2) is 173 Å². The third-order valence-corrected chi connectivity index (χ3v) is 5.91. The highest BCUT2D eigenvalue weighted by Gasteiger charge is 2.47. The first-order valence-electron chi connectivity index (χ1n) is 10.7. The van der Waals surface area contributed by atoms with Gasteiger partial charge in [0.1, 0.15) is 67.1 Å². The van der Waals surface area contributed by atoms with Gasteiger partial charge in [-0.3, -0.25) is 0 Å². The summed E-state index contributed by atoms with van der Waals surface area (Å²) in [7, 11) is 0. The first kappa shape index (κ1) is 30.5. The highest BCUT2D eigenvalue weighted by molar-refractivity contribution is 4.92. The molecule has 0 aromatic heterocycles. The van der Waals surface area contributed by atoms with E-state index in [1.807, 2.05) is 0 Å². The number of hydrogen-bond acceptors (Lipinski definition) is 17. The van der Waals surface area contributed by atoms with E-state index < -0.39 is 112 Å². The lowest BCUT2D eigenvalue weighted by Gasteiger charge is -2.41. The van der Waals surface area contributed by atoms with Crippen LogP contribution in [0.1, 0.15) is 0 Å². The first-order valence-corrected chi connectivity index (χ1v) is 10.7. The van der Waals surface area contributed by atoms with Crippen molar-refractivity contribution in [2.75, 3.05) is 19.8 Å². The van der Waals surface area contributed by atoms with Gasteiger partial charge in [0.25, 0.3) is 0 Å². The van der Waals surface area contributed by atoms with Crippen molar-refractivity contribution in [1.29, 1.82) is 0 Å². The van der Waals surface area contributed by atoms with E-state index in [-0.39, 0.29) is 0 Å². The van der Waals surface area contributed by atoms with E-state index in [0.29, 0.717) is 0 Å². The van der Waals surface area contributed by atoms with E-state index in [2.05, 4.69) is 0 Å². The summed E-state index contributed by atoms with van der Waals surface area (Å²) in [4.78, 5) is 0. The molecule has 3 heterocycles. The molecule has 0 radical (unpaired) electrons. The maximum Gasteiger partial charge on any atom is 0.186 e. The van der Waals surface area contributed by atoms with E-state index in [9.17, 15) is 46.0 Å². The van der Waals surface area contributed by atoms with E-state index in [1.54, 1.807) is 0 Å². The molecule has 0 saturated carbocycles. The second-order valence-corrected chi connectivity index (χ2v) is 8.37. The fraction of sp³-hybridized carbons (Fsp3) is 1.00. The van der Waals surface area contributed by atoms with Crippen LogP contribution in [-0.2, 0) is 18.9 Å². The smallest absolute Gasteiger partial charge is 0.186 e. The zero-order valence-electron chi connectivity index (χ0n) is 18.4. The maximum atomic E-state index is 9.78. The van der Waals surface area contributed by atoms with E-state index in [1.165, 1.54) is 0 Å². The fourth-order valence-corrected chi connectivity index (χ4v) is 3.58. The van der Waals surface area contributed by atoms with Gasteiger partial charge >= 0.3 is 0 Å². The van der Waals surface area contributed by atoms with Crippen molar-refractivity contribution >= 4 is 0 Å². The van der Waals surface area contributed by atoms with Gasteiger partial charge in [-0.15, -0.1) is 0 Å². The molecule has 0 spiro atoms. The van der Waals surface area contributed by atoms with Gasteiger partial charge in [0.2, 0.25) is 0 Å². The molecule has 3 rings (SSSR count). The highest BCUT2D eigenvalue weighted by atomic mass is 16.7. The normalized spacial score (nSPS) is 50.8. The minimum atomic E-state index is -1.74. The molecule has 0 bridgehead atoms. The topological polar surface area (TPSA) is 306 Å². The summed E-state index contributed by atoms with van der Waals surface area (Å²) in [5.74, 6) is 0. The minimum absolute atomic E-state index is 0.468. The van der Waals surface area contributed by atoms with E-state index in [4.69, 9.17) is 40.0 Å². The lowest BCUT2D eigenvalue weighted by Crippen LogP contribution is -2.61. The zero-order valence-corrected chi connectivity index (χ0v) is 18.4. The number of hydrogen-bond donors (Lipinski definition) is 13. The monoisotopic (exact) mass is 521 g/mol. The molecular formula is C18H35NO16. The number of rotatable bonds is 5. The molecule has 0 amide bonds. The molecule has 3 aliphatic rings. The Morgan fingerprint density at radius 2 is 0.971 bits per heavy atom. The SMILES string of the molecule is N[C@@H]1[C@@H](O)[C@H](O)[C@@H](CO)O[C@H]1O.OC[C@H]1O[C@@H](OC[C@H]2O[C@@H](O)[C@H](O)[C@@H](O)[C@@H]2O)[C@H](O)[C@@H](O)[C@@H]1O. The Bertz CT molecular complexity index is 627. The molecule has 0 aromatic carbocycles. The molecule has 15 atom stereocenters. The van der Waals surface area contributed by atoms with Gasteiger partial charge < -0.3 is 86.0 Å². The fourth-order valence-electron chi connectivity index (χ4n) is 3.58. The lowest BCUT2D eigenvalue weighted by molar-refractivity contribution is -0.325. The third-order valence-electron chi connectivity index (χ3n) is 5.91. The van der Waals surface area contributed by atoms with Gasteiger partial charge in [-0.05, 0) is 0 Å². The Labute approximate surface area is 198 Å². The van der Waals surface area contributed by atoms with Crippen molar-refractivity contribution in [3.05, 3.63) is 0 Å². The van der Waals surface area contributed by atoms with Crippen LogP contribution in [0.15, 0.2) is 0 Å². The molecule has 208 valence electrons. The summed E-state index contributed by atoms with van der Waals surface area (Å²) >= 11 is 0. The van der Waals surface area contributed by atoms with Crippen molar-refractivity contribution in [1.82, 2.24) is 0 Å². The first-order chi connectivity index (χ1) is 16.3. The zero-order chi connectivity index (χ0) is 26.6. The molecule has 3 fully saturated rings. The molecule has 0 unspecified atom stereocenters. The number of ether oxygens (including phenoxy) is 4. The standard InChI is InChI=1S/C12H22O11.C6H13NO5/c13-1-3-5(14)8(17)10(19)12(23-3)21-2-4-6(15)7(16)9(18)11(20)22-4;7-3-5(10)4(9)2(1-8)12-6(3)11/h3-20H,1-2H2;2-6,8-11H,1,7H2/t3-,4-,5-,6-,7+,8+,9-,10-,11-,12-;2-,3-,4-,5-,6-/m11/s1.